The van der Waals surface area contributed by atoms with Gasteiger partial charge in [-0.15, -0.1) is 0 Å². The van der Waals surface area contributed by atoms with Gasteiger partial charge in [0.25, 0.3) is 0 Å². The van der Waals surface area contributed by atoms with Crippen molar-refractivity contribution in [1.29, 1.82) is 0 Å². The maximum Gasteiger partial charge on any atom is 0.337 e. The van der Waals surface area contributed by atoms with Crippen LogP contribution in [0.5, 0.6) is 0 Å². The maximum absolute atomic E-state index is 12.3. The molecule has 0 heterocycles. The number of nitrogens with one attached hydrogen (secondary N) is 1. The van der Waals surface area contributed by atoms with Crippen LogP contribution in [0.4, 0.5) is 5.69 Å². The molecule has 0 atom stereocenters. The van der Waals surface area contributed by atoms with Crippen LogP contribution in [0.3, 0.4) is 0 Å². The van der Waals surface area contributed by atoms with E-state index in [4.69, 9.17) is 4.74 Å². The number of methoxy groups -OCH3 is 1. The van der Waals surface area contributed by atoms with Crippen LogP contribution in [0.1, 0.15) is 32.6 Å². The topological polar surface area (TPSA) is 55.4 Å². The zero-order valence-corrected chi connectivity index (χ0v) is 13.9. The van der Waals surface area contributed by atoms with Crippen molar-refractivity contribution in [3.8, 4) is 0 Å². The van der Waals surface area contributed by atoms with Crippen LogP contribution in [-0.4, -0.2) is 19.0 Å². The van der Waals surface area contributed by atoms with Crippen molar-refractivity contribution in [2.75, 3.05) is 12.4 Å². The van der Waals surface area contributed by atoms with Crippen molar-refractivity contribution in [2.24, 2.45) is 0 Å². The molecule has 4 heteroatoms. The Morgan fingerprint density at radius 1 is 0.957 bits per heavy atom. The first-order chi connectivity index (χ1) is 10.9. The first-order valence-corrected chi connectivity index (χ1v) is 7.45. The summed E-state index contributed by atoms with van der Waals surface area (Å²) in [5.74, 6) is -0.534. The lowest BCUT2D eigenvalue weighted by Crippen LogP contribution is -2.16. The molecule has 0 bridgehead atoms. The summed E-state index contributed by atoms with van der Waals surface area (Å²) in [6, 6.07) is 11.1. The molecular formula is C19H21NO3. The molecule has 0 fully saturated rings. The Morgan fingerprint density at radius 2 is 1.65 bits per heavy atom. The number of amides is 1. The van der Waals surface area contributed by atoms with Gasteiger partial charge in [0.2, 0.25) is 5.91 Å². The van der Waals surface area contributed by atoms with Gasteiger partial charge in [0.1, 0.15) is 0 Å². The predicted molar refractivity (Wildman–Crippen MR) is 90.8 cm³/mol. The number of carbonyl (C=O) groups excluding carboxylic acids is 2. The number of rotatable bonds is 4. The van der Waals surface area contributed by atoms with Gasteiger partial charge >= 0.3 is 5.97 Å². The SMILES string of the molecule is COC(=O)c1ccc(C)c(NC(=O)Cc2ccc(C)c(C)c2)c1. The first kappa shape index (κ1) is 16.7. The Balaban J connectivity index is 2.13. The van der Waals surface area contributed by atoms with E-state index in [-0.39, 0.29) is 5.91 Å². The fraction of sp³-hybridized carbons (Fsp3) is 0.263. The standard InChI is InChI=1S/C19H21NO3/c1-12-5-7-15(9-14(12)3)10-18(21)20-17-11-16(19(22)23-4)8-6-13(17)2/h5-9,11H,10H2,1-4H3,(H,20,21). The molecule has 0 radical (unpaired) electrons. The zero-order valence-electron chi connectivity index (χ0n) is 13.9. The van der Waals surface area contributed by atoms with Gasteiger partial charge in [-0.3, -0.25) is 4.79 Å². The molecule has 0 unspecified atom stereocenters. The van der Waals surface area contributed by atoms with Crippen LogP contribution >= 0.6 is 0 Å². The van der Waals surface area contributed by atoms with Crippen LogP contribution in [-0.2, 0) is 16.0 Å². The second-order valence-corrected chi connectivity index (χ2v) is 5.66. The van der Waals surface area contributed by atoms with Gasteiger partial charge in [0.15, 0.2) is 0 Å². The largest absolute Gasteiger partial charge is 0.465 e. The summed E-state index contributed by atoms with van der Waals surface area (Å²) >= 11 is 0. The molecule has 0 spiro atoms. The molecule has 23 heavy (non-hydrogen) atoms. The fourth-order valence-corrected chi connectivity index (χ4v) is 2.29. The lowest BCUT2D eigenvalue weighted by molar-refractivity contribution is -0.115. The molecule has 4 nitrogen and oxygen atoms in total. The van der Waals surface area contributed by atoms with E-state index >= 15 is 0 Å². The molecule has 0 aromatic heterocycles. The van der Waals surface area contributed by atoms with Gasteiger partial charge in [-0.25, -0.2) is 4.79 Å². The Kier molecular flexibility index (Phi) is 5.16. The number of anilines is 1. The molecule has 120 valence electrons. The van der Waals surface area contributed by atoms with Crippen LogP contribution in [0.15, 0.2) is 36.4 Å². The summed E-state index contributed by atoms with van der Waals surface area (Å²) in [5, 5.41) is 2.87. The van der Waals surface area contributed by atoms with E-state index < -0.39 is 5.97 Å². The Hall–Kier alpha value is -2.62. The van der Waals surface area contributed by atoms with E-state index in [9.17, 15) is 9.59 Å². The summed E-state index contributed by atoms with van der Waals surface area (Å²) in [5.41, 5.74) is 5.27. The molecule has 0 aliphatic heterocycles. The molecule has 1 N–H and O–H groups in total. The van der Waals surface area contributed by atoms with Crippen LogP contribution in [0.25, 0.3) is 0 Å². The highest BCUT2D eigenvalue weighted by atomic mass is 16.5. The van der Waals surface area contributed by atoms with Crippen molar-refractivity contribution in [3.63, 3.8) is 0 Å². The summed E-state index contributed by atoms with van der Waals surface area (Å²) < 4.78 is 4.70. The Morgan fingerprint density at radius 3 is 2.30 bits per heavy atom. The van der Waals surface area contributed by atoms with Crippen LogP contribution in [0, 0.1) is 20.8 Å². The quantitative estimate of drug-likeness (QED) is 0.878. The smallest absolute Gasteiger partial charge is 0.337 e. The number of carbonyl (C=O) groups is 2. The molecule has 1 amide bonds. The highest BCUT2D eigenvalue weighted by Crippen LogP contribution is 2.18. The molecule has 2 rings (SSSR count). The Bertz CT molecular complexity index is 750. The normalized spacial score (nSPS) is 10.3. The number of aryl methyl sites for hydroxylation is 3. The van der Waals surface area contributed by atoms with Gasteiger partial charge in [0.05, 0.1) is 19.1 Å². The lowest BCUT2D eigenvalue weighted by Gasteiger charge is -2.11. The summed E-state index contributed by atoms with van der Waals surface area (Å²) in [7, 11) is 1.33. The van der Waals surface area contributed by atoms with Crippen LogP contribution in [0.2, 0.25) is 0 Å². The second-order valence-electron chi connectivity index (χ2n) is 5.66. The molecule has 2 aromatic rings. The number of hydrogen-bond donors (Lipinski definition) is 1. The first-order valence-electron chi connectivity index (χ1n) is 7.45. The minimum Gasteiger partial charge on any atom is -0.465 e. The van der Waals surface area contributed by atoms with Gasteiger partial charge in [0, 0.05) is 5.69 Å². The van der Waals surface area contributed by atoms with Gasteiger partial charge < -0.3 is 10.1 Å². The second kappa shape index (κ2) is 7.09. The molecule has 0 saturated carbocycles. The van der Waals surface area contributed by atoms with E-state index in [1.54, 1.807) is 18.2 Å². The third kappa shape index (κ3) is 4.19. The zero-order chi connectivity index (χ0) is 17.0. The van der Waals surface area contributed by atoms with Crippen molar-refractivity contribution < 1.29 is 14.3 Å². The summed E-state index contributed by atoms with van der Waals surface area (Å²) in [6.45, 7) is 5.95. The fourth-order valence-electron chi connectivity index (χ4n) is 2.29. The maximum atomic E-state index is 12.3. The highest BCUT2D eigenvalue weighted by molar-refractivity contribution is 5.96. The highest BCUT2D eigenvalue weighted by Gasteiger charge is 2.11. The molecule has 0 aliphatic carbocycles. The lowest BCUT2D eigenvalue weighted by atomic mass is 10.0. The van der Waals surface area contributed by atoms with Crippen molar-refractivity contribution >= 4 is 17.6 Å². The number of ether oxygens (including phenoxy) is 1. The van der Waals surface area contributed by atoms with Crippen molar-refractivity contribution in [1.82, 2.24) is 0 Å². The van der Waals surface area contributed by atoms with E-state index in [0.29, 0.717) is 17.7 Å². The average Bonchev–Trinajstić information content (AvgIpc) is 2.52. The number of benzene rings is 2. The van der Waals surface area contributed by atoms with Gasteiger partial charge in [-0.05, 0) is 55.2 Å². The third-order valence-corrected chi connectivity index (χ3v) is 3.87. The van der Waals surface area contributed by atoms with Gasteiger partial charge in [-0.2, -0.15) is 0 Å². The van der Waals surface area contributed by atoms with Gasteiger partial charge in [-0.1, -0.05) is 24.3 Å². The number of hydrogen-bond acceptors (Lipinski definition) is 3. The van der Waals surface area contributed by atoms with E-state index in [0.717, 1.165) is 11.1 Å². The third-order valence-electron chi connectivity index (χ3n) is 3.87. The van der Waals surface area contributed by atoms with Crippen molar-refractivity contribution in [3.05, 3.63) is 64.2 Å². The average molecular weight is 311 g/mol. The molecular weight excluding hydrogens is 290 g/mol. The van der Waals surface area contributed by atoms with Crippen molar-refractivity contribution in [2.45, 2.75) is 27.2 Å². The van der Waals surface area contributed by atoms with Crippen LogP contribution < -0.4 is 5.32 Å². The van der Waals surface area contributed by atoms with E-state index in [1.165, 1.54) is 18.2 Å². The minimum atomic E-state index is -0.422. The summed E-state index contributed by atoms with van der Waals surface area (Å²) in [6.07, 6.45) is 0.295. The molecule has 0 aliphatic rings. The molecule has 0 saturated heterocycles. The number of esters is 1. The van der Waals surface area contributed by atoms with E-state index in [2.05, 4.69) is 5.32 Å². The molecule has 2 aromatic carbocycles. The van der Waals surface area contributed by atoms with E-state index in [1.807, 2.05) is 39.0 Å². The summed E-state index contributed by atoms with van der Waals surface area (Å²) in [4.78, 5) is 23.8. The monoisotopic (exact) mass is 311 g/mol. The predicted octanol–water partition coefficient (Wildman–Crippen LogP) is 3.58. The minimum absolute atomic E-state index is 0.113. The Labute approximate surface area is 136 Å².